The number of aromatic carboxylic acids is 1. The highest BCUT2D eigenvalue weighted by molar-refractivity contribution is 5.96. The molecule has 66 valence electrons. The Balaban J connectivity index is 2.81. The van der Waals surface area contributed by atoms with Gasteiger partial charge in [-0.05, 0) is 18.6 Å². The number of rotatable bonds is 1. The fraction of sp³-hybridized carbons (Fsp3) is 0.100. The summed E-state index contributed by atoms with van der Waals surface area (Å²) in [5.74, 6) is -1.16. The standard InChI is InChI=1S/C10H9NO2/c1-6-7-4-2-3-5-8(7)11-9(6)10(12)13/h2-5,11H,1H3,(H,12,13)/p-1. The van der Waals surface area contributed by atoms with Crippen LogP contribution in [0.3, 0.4) is 0 Å². The average molecular weight is 174 g/mol. The number of aromatic amines is 1. The Morgan fingerprint density at radius 1 is 1.38 bits per heavy atom. The van der Waals surface area contributed by atoms with Crippen LogP contribution in [0.4, 0.5) is 0 Å². The first-order chi connectivity index (χ1) is 6.20. The summed E-state index contributed by atoms with van der Waals surface area (Å²) in [7, 11) is 0. The molecule has 0 saturated carbocycles. The summed E-state index contributed by atoms with van der Waals surface area (Å²) < 4.78 is 0. The highest BCUT2D eigenvalue weighted by atomic mass is 16.4. The molecule has 0 unspecified atom stereocenters. The second-order valence-electron chi connectivity index (χ2n) is 2.96. The van der Waals surface area contributed by atoms with Crippen molar-refractivity contribution in [1.29, 1.82) is 0 Å². The second kappa shape index (κ2) is 2.62. The van der Waals surface area contributed by atoms with Gasteiger partial charge in [-0.1, -0.05) is 18.2 Å². The lowest BCUT2D eigenvalue weighted by molar-refractivity contribution is -0.255. The van der Waals surface area contributed by atoms with Crippen molar-refractivity contribution in [2.24, 2.45) is 0 Å². The van der Waals surface area contributed by atoms with Gasteiger partial charge in [0.05, 0.1) is 11.7 Å². The van der Waals surface area contributed by atoms with Crippen LogP contribution in [-0.4, -0.2) is 11.0 Å². The van der Waals surface area contributed by atoms with E-state index in [1.54, 1.807) is 6.92 Å². The first kappa shape index (κ1) is 7.86. The van der Waals surface area contributed by atoms with Crippen LogP contribution in [0, 0.1) is 6.92 Å². The molecular weight excluding hydrogens is 166 g/mol. The minimum absolute atomic E-state index is 0.168. The number of nitrogens with one attached hydrogen (secondary N) is 1. The summed E-state index contributed by atoms with van der Waals surface area (Å²) in [4.78, 5) is 13.5. The summed E-state index contributed by atoms with van der Waals surface area (Å²) in [6.07, 6.45) is 0. The van der Waals surface area contributed by atoms with E-state index in [-0.39, 0.29) is 5.69 Å². The van der Waals surface area contributed by atoms with Gasteiger partial charge in [-0.15, -0.1) is 0 Å². The first-order valence-corrected chi connectivity index (χ1v) is 3.99. The number of fused-ring (bicyclic) bond motifs is 1. The highest BCUT2D eigenvalue weighted by Gasteiger charge is 2.06. The molecule has 0 aliphatic heterocycles. The molecule has 0 bridgehead atoms. The van der Waals surface area contributed by atoms with E-state index < -0.39 is 5.97 Å². The molecule has 13 heavy (non-hydrogen) atoms. The van der Waals surface area contributed by atoms with Crippen LogP contribution in [0.5, 0.6) is 0 Å². The summed E-state index contributed by atoms with van der Waals surface area (Å²) in [6, 6.07) is 7.46. The number of hydrogen-bond donors (Lipinski definition) is 1. The Kier molecular flexibility index (Phi) is 1.59. The lowest BCUT2D eigenvalue weighted by Crippen LogP contribution is -2.23. The van der Waals surface area contributed by atoms with Crippen molar-refractivity contribution in [3.63, 3.8) is 0 Å². The van der Waals surface area contributed by atoms with Gasteiger partial charge in [-0.25, -0.2) is 0 Å². The number of aryl methyl sites for hydroxylation is 1. The monoisotopic (exact) mass is 174 g/mol. The Bertz CT molecular complexity index is 471. The molecule has 1 N–H and O–H groups in total. The van der Waals surface area contributed by atoms with Crippen molar-refractivity contribution in [1.82, 2.24) is 4.98 Å². The van der Waals surface area contributed by atoms with E-state index in [9.17, 15) is 9.90 Å². The molecule has 1 aromatic heterocycles. The van der Waals surface area contributed by atoms with Gasteiger partial charge in [-0.2, -0.15) is 0 Å². The van der Waals surface area contributed by atoms with E-state index in [2.05, 4.69) is 4.98 Å². The van der Waals surface area contributed by atoms with Crippen LogP contribution in [0.2, 0.25) is 0 Å². The maximum Gasteiger partial charge on any atom is 0.0881 e. The van der Waals surface area contributed by atoms with E-state index in [4.69, 9.17) is 0 Å². The lowest BCUT2D eigenvalue weighted by Gasteiger charge is -1.98. The third-order valence-corrected chi connectivity index (χ3v) is 2.17. The molecule has 0 radical (unpaired) electrons. The topological polar surface area (TPSA) is 55.9 Å². The van der Waals surface area contributed by atoms with Gasteiger partial charge in [0, 0.05) is 10.9 Å². The molecule has 0 aliphatic rings. The van der Waals surface area contributed by atoms with Crippen LogP contribution < -0.4 is 5.11 Å². The molecule has 1 aromatic carbocycles. The van der Waals surface area contributed by atoms with Crippen LogP contribution in [0.25, 0.3) is 10.9 Å². The molecule has 0 spiro atoms. The van der Waals surface area contributed by atoms with Crippen molar-refractivity contribution in [3.8, 4) is 0 Å². The summed E-state index contributed by atoms with van der Waals surface area (Å²) in [5.41, 5.74) is 1.73. The maximum atomic E-state index is 10.6. The Morgan fingerprint density at radius 3 is 2.69 bits per heavy atom. The van der Waals surface area contributed by atoms with E-state index >= 15 is 0 Å². The van der Waals surface area contributed by atoms with E-state index in [0.29, 0.717) is 0 Å². The predicted molar refractivity (Wildman–Crippen MR) is 47.4 cm³/mol. The Labute approximate surface area is 75.0 Å². The van der Waals surface area contributed by atoms with Crippen molar-refractivity contribution in [2.45, 2.75) is 6.92 Å². The zero-order chi connectivity index (χ0) is 9.42. The smallest absolute Gasteiger partial charge is 0.0881 e. The molecule has 2 aromatic rings. The zero-order valence-corrected chi connectivity index (χ0v) is 7.13. The van der Waals surface area contributed by atoms with Gasteiger partial charge >= 0.3 is 0 Å². The third-order valence-electron chi connectivity index (χ3n) is 2.17. The highest BCUT2D eigenvalue weighted by Crippen LogP contribution is 2.20. The Hall–Kier alpha value is -1.77. The summed E-state index contributed by atoms with van der Waals surface area (Å²) >= 11 is 0. The summed E-state index contributed by atoms with van der Waals surface area (Å²) in [6.45, 7) is 1.77. The quantitative estimate of drug-likeness (QED) is 0.696. The van der Waals surface area contributed by atoms with E-state index in [1.165, 1.54) is 0 Å². The number of hydrogen-bond acceptors (Lipinski definition) is 2. The van der Waals surface area contributed by atoms with Crippen molar-refractivity contribution < 1.29 is 9.90 Å². The first-order valence-electron chi connectivity index (χ1n) is 3.99. The Morgan fingerprint density at radius 2 is 2.08 bits per heavy atom. The fourth-order valence-electron chi connectivity index (χ4n) is 1.49. The van der Waals surface area contributed by atoms with E-state index in [0.717, 1.165) is 16.5 Å². The molecule has 3 nitrogen and oxygen atoms in total. The van der Waals surface area contributed by atoms with Crippen molar-refractivity contribution in [2.75, 3.05) is 0 Å². The largest absolute Gasteiger partial charge is 0.543 e. The number of carboxylic acid groups (broad SMARTS) is 1. The van der Waals surface area contributed by atoms with Crippen molar-refractivity contribution >= 4 is 16.9 Å². The number of carboxylic acids is 1. The molecule has 0 saturated heterocycles. The predicted octanol–water partition coefficient (Wildman–Crippen LogP) is 0.840. The van der Waals surface area contributed by atoms with Gasteiger partial charge < -0.3 is 14.9 Å². The number of carbonyl (C=O) groups is 1. The molecule has 3 heteroatoms. The van der Waals surface area contributed by atoms with Crippen LogP contribution >= 0.6 is 0 Å². The minimum atomic E-state index is -1.16. The summed E-state index contributed by atoms with van der Waals surface area (Å²) in [5, 5.41) is 11.6. The molecule has 1 heterocycles. The van der Waals surface area contributed by atoms with Crippen LogP contribution in [0.15, 0.2) is 24.3 Å². The zero-order valence-electron chi connectivity index (χ0n) is 7.13. The van der Waals surface area contributed by atoms with Gasteiger partial charge in [-0.3, -0.25) is 0 Å². The van der Waals surface area contributed by atoms with Crippen LogP contribution in [-0.2, 0) is 0 Å². The van der Waals surface area contributed by atoms with Gasteiger partial charge in [0.1, 0.15) is 0 Å². The van der Waals surface area contributed by atoms with Gasteiger partial charge in [0.15, 0.2) is 0 Å². The van der Waals surface area contributed by atoms with Crippen LogP contribution in [0.1, 0.15) is 16.1 Å². The van der Waals surface area contributed by atoms with Crippen molar-refractivity contribution in [3.05, 3.63) is 35.5 Å². The third kappa shape index (κ3) is 1.09. The van der Waals surface area contributed by atoms with Gasteiger partial charge in [0.2, 0.25) is 0 Å². The molecule has 0 amide bonds. The number of aromatic nitrogens is 1. The number of carbonyl (C=O) groups excluding carboxylic acids is 1. The van der Waals surface area contributed by atoms with Gasteiger partial charge in [0.25, 0.3) is 0 Å². The minimum Gasteiger partial charge on any atom is -0.543 e. The fourth-order valence-corrected chi connectivity index (χ4v) is 1.49. The number of para-hydroxylation sites is 1. The molecule has 0 atom stereocenters. The average Bonchev–Trinajstić information content (AvgIpc) is 2.45. The van der Waals surface area contributed by atoms with E-state index in [1.807, 2.05) is 24.3 Å². The number of H-pyrrole nitrogens is 1. The SMILES string of the molecule is Cc1c(C(=O)[O-])[nH]c2ccccc12. The molecule has 0 fully saturated rings. The lowest BCUT2D eigenvalue weighted by atomic mass is 10.1. The second-order valence-corrected chi connectivity index (χ2v) is 2.96. The molecule has 2 rings (SSSR count). The maximum absolute atomic E-state index is 10.6. The normalized spacial score (nSPS) is 10.5. The molecule has 0 aliphatic carbocycles. The number of benzene rings is 1. The molecular formula is C10H8NO2-.